The number of aryl methyl sites for hydroxylation is 1. The number of nitrogens with zero attached hydrogens (tertiary/aromatic N) is 8. The molecule has 1 saturated heterocycles. The van der Waals surface area contributed by atoms with Crippen LogP contribution in [-0.2, 0) is 23.9 Å². The molecule has 13 nitrogen and oxygen atoms in total. The Bertz CT molecular complexity index is 2000. The van der Waals surface area contributed by atoms with E-state index in [2.05, 4.69) is 25.3 Å². The molecule has 1 aliphatic rings. The third kappa shape index (κ3) is 6.69. The van der Waals surface area contributed by atoms with Crippen LogP contribution in [0, 0.1) is 6.92 Å². The average Bonchev–Trinajstić information content (AvgIpc) is 3.05. The van der Waals surface area contributed by atoms with Crippen LogP contribution in [0.25, 0.3) is 11.2 Å². The number of amides is 2. The van der Waals surface area contributed by atoms with Gasteiger partial charge < -0.3 is 29.7 Å². The zero-order chi connectivity index (χ0) is 35.9. The summed E-state index contributed by atoms with van der Waals surface area (Å²) in [5.74, 6) is -0.994. The lowest BCUT2D eigenvalue weighted by Crippen LogP contribution is -2.60. The van der Waals surface area contributed by atoms with Crippen molar-refractivity contribution in [2.45, 2.75) is 58.9 Å². The zero-order valence-electron chi connectivity index (χ0n) is 27.6. The molecule has 5 rings (SSSR count). The minimum absolute atomic E-state index is 0.0125. The van der Waals surface area contributed by atoms with Gasteiger partial charge in [0.15, 0.2) is 22.6 Å². The summed E-state index contributed by atoms with van der Waals surface area (Å²) in [5.41, 5.74) is -0.314. The van der Waals surface area contributed by atoms with Gasteiger partial charge in [-0.15, -0.1) is 0 Å². The van der Waals surface area contributed by atoms with Gasteiger partial charge >= 0.3 is 6.18 Å². The molecular weight excluding hydrogens is 667 g/mol. The molecule has 0 radical (unpaired) electrons. The highest BCUT2D eigenvalue weighted by molar-refractivity contribution is 6.33. The Morgan fingerprint density at radius 1 is 1.12 bits per heavy atom. The number of alkyl halides is 3. The van der Waals surface area contributed by atoms with Gasteiger partial charge in [-0.3, -0.25) is 14.4 Å². The number of nitrogens with one attached hydrogen (secondary N) is 1. The van der Waals surface area contributed by atoms with E-state index < -0.39 is 41.1 Å². The van der Waals surface area contributed by atoms with Crippen molar-refractivity contribution in [3.63, 3.8) is 0 Å². The number of piperazine rings is 1. The predicted octanol–water partition coefficient (Wildman–Crippen LogP) is 4.27. The van der Waals surface area contributed by atoms with E-state index in [9.17, 15) is 32.7 Å². The number of pyridine rings is 1. The standard InChI is InChI=1S/C32H35ClF3N9O4/c1-7-22-27(43-10-11-44(18(4)17(43)3)31(49)26-28(47)16(2)38-15-39-26)29(48)25-30(37-13-23(41-25)42(5)6)45(22)14-24(46)40-21-9-8-19(12-20(21)33)32(34,35)36/h8-9,12-13,15,17-18,47H,7,10-11,14H2,1-6H3,(H,40,46)/t17-,18-/m0/s1. The second-order valence-corrected chi connectivity index (χ2v) is 12.3. The first-order valence-corrected chi connectivity index (χ1v) is 15.8. The molecule has 49 heavy (non-hydrogen) atoms. The minimum Gasteiger partial charge on any atom is -0.504 e. The Labute approximate surface area is 284 Å². The average molecular weight is 702 g/mol. The summed E-state index contributed by atoms with van der Waals surface area (Å²) in [6.07, 6.45) is -1.63. The summed E-state index contributed by atoms with van der Waals surface area (Å²) in [5, 5.41) is 12.8. The molecule has 2 atom stereocenters. The summed E-state index contributed by atoms with van der Waals surface area (Å²) in [6.45, 7) is 7.13. The molecule has 0 saturated carbocycles. The van der Waals surface area contributed by atoms with Crippen molar-refractivity contribution in [2.24, 2.45) is 0 Å². The van der Waals surface area contributed by atoms with Crippen LogP contribution in [0.3, 0.4) is 0 Å². The van der Waals surface area contributed by atoms with Crippen LogP contribution >= 0.6 is 11.6 Å². The molecule has 4 heterocycles. The first-order chi connectivity index (χ1) is 23.0. The SMILES string of the molecule is CCc1c(N2CCN(C(=O)c3ncnc(C)c3O)[C@@H](C)[C@@H]2C)c(=O)c2nc(N(C)C)cnc2n1CC(=O)Nc1ccc(C(F)(F)F)cc1Cl. The Hall–Kier alpha value is -4.99. The van der Waals surface area contributed by atoms with Gasteiger partial charge in [-0.2, -0.15) is 13.2 Å². The highest BCUT2D eigenvalue weighted by atomic mass is 35.5. The number of fused-ring (bicyclic) bond motifs is 1. The lowest BCUT2D eigenvalue weighted by molar-refractivity contribution is -0.137. The molecule has 1 fully saturated rings. The largest absolute Gasteiger partial charge is 0.504 e. The van der Waals surface area contributed by atoms with Gasteiger partial charge in [-0.05, 0) is 45.4 Å². The number of halogens is 4. The maximum atomic E-state index is 14.3. The molecule has 0 bridgehead atoms. The topological polar surface area (TPSA) is 150 Å². The highest BCUT2D eigenvalue weighted by Crippen LogP contribution is 2.34. The van der Waals surface area contributed by atoms with Crippen molar-refractivity contribution in [1.29, 1.82) is 0 Å². The number of anilines is 3. The molecular formula is C32H35ClF3N9O4. The first-order valence-electron chi connectivity index (χ1n) is 15.4. The number of benzene rings is 1. The van der Waals surface area contributed by atoms with E-state index in [1.165, 1.54) is 12.5 Å². The Morgan fingerprint density at radius 2 is 1.84 bits per heavy atom. The van der Waals surface area contributed by atoms with Crippen molar-refractivity contribution in [3.8, 4) is 5.75 Å². The third-order valence-electron chi connectivity index (χ3n) is 8.71. The molecule has 1 aromatic carbocycles. The second-order valence-electron chi connectivity index (χ2n) is 11.9. The molecule has 3 aromatic heterocycles. The van der Waals surface area contributed by atoms with Crippen molar-refractivity contribution in [1.82, 2.24) is 29.4 Å². The van der Waals surface area contributed by atoms with Crippen LogP contribution in [0.4, 0.5) is 30.4 Å². The Morgan fingerprint density at radius 3 is 2.47 bits per heavy atom. The van der Waals surface area contributed by atoms with E-state index in [0.29, 0.717) is 17.9 Å². The van der Waals surface area contributed by atoms with Gasteiger partial charge in [-0.1, -0.05) is 18.5 Å². The second kappa shape index (κ2) is 13.5. The van der Waals surface area contributed by atoms with Crippen LogP contribution in [0.15, 0.2) is 35.5 Å². The summed E-state index contributed by atoms with van der Waals surface area (Å²) >= 11 is 6.10. The van der Waals surface area contributed by atoms with Crippen LogP contribution in [0.5, 0.6) is 5.75 Å². The number of aromatic nitrogens is 5. The van der Waals surface area contributed by atoms with Gasteiger partial charge in [-0.25, -0.2) is 19.9 Å². The zero-order valence-corrected chi connectivity index (χ0v) is 28.4. The predicted molar refractivity (Wildman–Crippen MR) is 178 cm³/mol. The van der Waals surface area contributed by atoms with Crippen LogP contribution in [0.1, 0.15) is 48.2 Å². The summed E-state index contributed by atoms with van der Waals surface area (Å²) in [6, 6.07) is 1.76. The summed E-state index contributed by atoms with van der Waals surface area (Å²) in [4.78, 5) is 63.5. The van der Waals surface area contributed by atoms with E-state index in [4.69, 9.17) is 11.6 Å². The fraction of sp³-hybridized carbons (Fsp3) is 0.406. The van der Waals surface area contributed by atoms with Gasteiger partial charge in [0, 0.05) is 45.0 Å². The minimum atomic E-state index is -4.61. The van der Waals surface area contributed by atoms with E-state index >= 15 is 0 Å². The Balaban J connectivity index is 1.56. The lowest BCUT2D eigenvalue weighted by Gasteiger charge is -2.46. The van der Waals surface area contributed by atoms with E-state index in [1.807, 2.05) is 25.7 Å². The highest BCUT2D eigenvalue weighted by Gasteiger charge is 2.38. The molecule has 1 aliphatic heterocycles. The first kappa shape index (κ1) is 35.3. The summed E-state index contributed by atoms with van der Waals surface area (Å²) in [7, 11) is 3.49. The van der Waals surface area contributed by atoms with Gasteiger partial charge in [0.2, 0.25) is 11.3 Å². The van der Waals surface area contributed by atoms with Crippen LogP contribution < -0.4 is 20.5 Å². The van der Waals surface area contributed by atoms with Crippen LogP contribution in [-0.4, -0.2) is 85.6 Å². The molecule has 17 heteroatoms. The number of carbonyl (C=O) groups is 2. The number of carbonyl (C=O) groups excluding carboxylic acids is 2. The van der Waals surface area contributed by atoms with Crippen molar-refractivity contribution < 1.29 is 27.9 Å². The lowest BCUT2D eigenvalue weighted by atomic mass is 10.0. The molecule has 260 valence electrons. The van der Waals surface area contributed by atoms with Gasteiger partial charge in [0.05, 0.1) is 28.2 Å². The number of hydrogen-bond acceptors (Lipinski definition) is 10. The quantitative estimate of drug-likeness (QED) is 0.286. The van der Waals surface area contributed by atoms with E-state index in [1.54, 1.807) is 35.4 Å². The van der Waals surface area contributed by atoms with Crippen LogP contribution in [0.2, 0.25) is 5.02 Å². The van der Waals surface area contributed by atoms with E-state index in [0.717, 1.165) is 18.2 Å². The van der Waals surface area contributed by atoms with Crippen molar-refractivity contribution >= 4 is 51.8 Å². The molecule has 4 aromatic rings. The maximum absolute atomic E-state index is 14.3. The summed E-state index contributed by atoms with van der Waals surface area (Å²) < 4.78 is 41.1. The maximum Gasteiger partial charge on any atom is 0.416 e. The smallest absolute Gasteiger partial charge is 0.416 e. The van der Waals surface area contributed by atoms with Crippen molar-refractivity contribution in [3.05, 3.63) is 68.6 Å². The molecule has 0 aliphatic carbocycles. The van der Waals surface area contributed by atoms with E-state index in [-0.39, 0.29) is 64.3 Å². The molecule has 2 amide bonds. The monoisotopic (exact) mass is 701 g/mol. The Kier molecular flexibility index (Phi) is 9.72. The third-order valence-corrected chi connectivity index (χ3v) is 9.02. The fourth-order valence-corrected chi connectivity index (χ4v) is 6.12. The normalized spacial score (nSPS) is 16.6. The fourth-order valence-electron chi connectivity index (χ4n) is 5.89. The van der Waals surface area contributed by atoms with Gasteiger partial charge in [0.25, 0.3) is 5.91 Å². The number of rotatable bonds is 7. The molecule has 2 N–H and O–H groups in total. The molecule has 0 unspecified atom stereocenters. The molecule has 0 spiro atoms. The number of aromatic hydroxyl groups is 1. The number of hydrogen-bond donors (Lipinski definition) is 2. The van der Waals surface area contributed by atoms with Gasteiger partial charge in [0.1, 0.15) is 24.4 Å². The van der Waals surface area contributed by atoms with Crippen molar-refractivity contribution in [2.75, 3.05) is 42.3 Å².